The number of urea groups is 1. The van der Waals surface area contributed by atoms with Crippen LogP contribution in [0, 0.1) is 11.8 Å². The van der Waals surface area contributed by atoms with Crippen molar-refractivity contribution in [3.8, 4) is 0 Å². The van der Waals surface area contributed by atoms with Gasteiger partial charge < -0.3 is 15.5 Å². The summed E-state index contributed by atoms with van der Waals surface area (Å²) in [4.78, 5) is 55.1. The molecule has 2 atom stereocenters. The van der Waals surface area contributed by atoms with E-state index in [1.54, 1.807) is 0 Å². The van der Waals surface area contributed by atoms with Crippen molar-refractivity contribution in [2.24, 2.45) is 11.8 Å². The number of rotatable bonds is 6. The Labute approximate surface area is 218 Å². The van der Waals surface area contributed by atoms with E-state index in [1.165, 1.54) is 35.0 Å². The van der Waals surface area contributed by atoms with Crippen LogP contribution in [0.4, 0.5) is 18.0 Å². The summed E-state index contributed by atoms with van der Waals surface area (Å²) in [5.41, 5.74) is -1.01. The lowest BCUT2D eigenvalue weighted by Crippen LogP contribution is -2.52. The van der Waals surface area contributed by atoms with Gasteiger partial charge in [-0.05, 0) is 49.9 Å². The molecule has 0 saturated carbocycles. The summed E-state index contributed by atoms with van der Waals surface area (Å²) in [6, 6.07) is 1.74. The van der Waals surface area contributed by atoms with Crippen LogP contribution in [-0.2, 0) is 20.6 Å². The lowest BCUT2D eigenvalue weighted by atomic mass is 9.91. The molecule has 206 valence electrons. The largest absolute Gasteiger partial charge is 0.416 e. The van der Waals surface area contributed by atoms with Gasteiger partial charge in [0, 0.05) is 13.0 Å². The summed E-state index contributed by atoms with van der Waals surface area (Å²) < 4.78 is 41.5. The molecule has 5 amide bonds. The summed E-state index contributed by atoms with van der Waals surface area (Å²) in [5.74, 6) is -2.05. The minimum atomic E-state index is -4.71. The molecule has 12 heteroatoms. The van der Waals surface area contributed by atoms with Gasteiger partial charge in [0.1, 0.15) is 6.04 Å². The zero-order valence-electron chi connectivity index (χ0n) is 21.5. The molecule has 0 bridgehead atoms. The molecule has 3 aliphatic heterocycles. The Bertz CT molecular complexity index is 1160. The molecule has 0 spiro atoms. The lowest BCUT2D eigenvalue weighted by molar-refractivity contribution is -0.141. The predicted octanol–water partition coefficient (Wildman–Crippen LogP) is 2.55. The number of nitrogens with zero attached hydrogens (tertiary/aromatic N) is 2. The number of halogens is 3. The third-order valence-corrected chi connectivity index (χ3v) is 7.30. The summed E-state index contributed by atoms with van der Waals surface area (Å²) in [6.45, 7) is 4.91. The molecule has 4 rings (SSSR count). The Kier molecular flexibility index (Phi) is 7.82. The maximum absolute atomic E-state index is 13.8. The van der Waals surface area contributed by atoms with Crippen LogP contribution in [-0.4, -0.2) is 66.3 Å². The summed E-state index contributed by atoms with van der Waals surface area (Å²) in [5, 5.41) is 8.14. The van der Waals surface area contributed by atoms with Crippen LogP contribution in [0.1, 0.15) is 50.3 Å². The van der Waals surface area contributed by atoms with E-state index in [1.807, 2.05) is 13.8 Å². The molecular formula is C26H32F3N5O4. The van der Waals surface area contributed by atoms with Gasteiger partial charge in [-0.15, -0.1) is 0 Å². The highest BCUT2D eigenvalue weighted by Gasteiger charge is 2.48. The number of carbonyl (C=O) groups excluding carboxylic acids is 4. The van der Waals surface area contributed by atoms with Crippen LogP contribution >= 0.6 is 0 Å². The Balaban J connectivity index is 1.66. The first-order valence-corrected chi connectivity index (χ1v) is 12.7. The number of likely N-dealkylation sites (N-methyl/N-ethyl adjacent to an activating group) is 1. The van der Waals surface area contributed by atoms with Crippen molar-refractivity contribution in [1.29, 1.82) is 0 Å². The molecule has 1 saturated heterocycles. The van der Waals surface area contributed by atoms with Gasteiger partial charge >= 0.3 is 12.2 Å². The first-order chi connectivity index (χ1) is 17.9. The molecule has 0 aromatic heterocycles. The zero-order valence-corrected chi connectivity index (χ0v) is 21.5. The molecule has 1 aromatic rings. The van der Waals surface area contributed by atoms with Gasteiger partial charge in [-0.1, -0.05) is 32.0 Å². The fraction of sp³-hybridized carbons (Fsp3) is 0.538. The van der Waals surface area contributed by atoms with E-state index in [0.29, 0.717) is 25.9 Å². The number of hydrogen-bond acceptors (Lipinski definition) is 5. The molecule has 1 fully saturated rings. The molecule has 2 unspecified atom stereocenters. The second-order valence-electron chi connectivity index (χ2n) is 10.3. The van der Waals surface area contributed by atoms with E-state index in [0.717, 1.165) is 6.07 Å². The van der Waals surface area contributed by atoms with Gasteiger partial charge in [0.25, 0.3) is 5.91 Å². The molecular weight excluding hydrogens is 503 g/mol. The molecule has 0 aliphatic carbocycles. The van der Waals surface area contributed by atoms with Gasteiger partial charge in [-0.2, -0.15) is 13.2 Å². The molecule has 1 aromatic carbocycles. The first kappa shape index (κ1) is 27.6. The van der Waals surface area contributed by atoms with Gasteiger partial charge in [0.05, 0.1) is 29.4 Å². The van der Waals surface area contributed by atoms with Crippen molar-refractivity contribution in [3.05, 3.63) is 46.7 Å². The van der Waals surface area contributed by atoms with Gasteiger partial charge in [0.2, 0.25) is 11.8 Å². The van der Waals surface area contributed by atoms with E-state index in [9.17, 15) is 32.3 Å². The third kappa shape index (κ3) is 5.40. The highest BCUT2D eigenvalue weighted by molar-refractivity contribution is 6.05. The minimum absolute atomic E-state index is 0.0185. The Morgan fingerprint density at radius 3 is 2.42 bits per heavy atom. The number of imide groups is 1. The maximum Gasteiger partial charge on any atom is 0.416 e. The van der Waals surface area contributed by atoms with Crippen molar-refractivity contribution in [2.45, 2.75) is 51.4 Å². The number of benzene rings is 1. The fourth-order valence-corrected chi connectivity index (χ4v) is 5.29. The van der Waals surface area contributed by atoms with Crippen LogP contribution in [0.5, 0.6) is 0 Å². The van der Waals surface area contributed by atoms with E-state index < -0.39 is 47.6 Å². The molecule has 3 N–H and O–H groups in total. The van der Waals surface area contributed by atoms with Crippen LogP contribution in [0.15, 0.2) is 35.5 Å². The van der Waals surface area contributed by atoms with Crippen LogP contribution in [0.25, 0.3) is 0 Å². The topological polar surface area (TPSA) is 111 Å². The highest BCUT2D eigenvalue weighted by atomic mass is 19.4. The second-order valence-corrected chi connectivity index (χ2v) is 10.3. The zero-order chi connectivity index (χ0) is 27.8. The number of nitrogens with one attached hydrogen (secondary N) is 3. The predicted molar refractivity (Wildman–Crippen MR) is 131 cm³/mol. The Morgan fingerprint density at radius 1 is 1.13 bits per heavy atom. The van der Waals surface area contributed by atoms with Crippen LogP contribution in [0.2, 0.25) is 0 Å². The first-order valence-electron chi connectivity index (χ1n) is 12.7. The quantitative estimate of drug-likeness (QED) is 0.519. The Hall–Kier alpha value is -3.41. The fourth-order valence-electron chi connectivity index (χ4n) is 5.29. The summed E-state index contributed by atoms with van der Waals surface area (Å²) in [6.07, 6.45) is -3.30. The van der Waals surface area contributed by atoms with E-state index >= 15 is 0 Å². The third-order valence-electron chi connectivity index (χ3n) is 7.30. The standard InChI is InChI=1S/C26H32F3N5O4/c1-14(2)12-18(23(36)32-22(35)15-8-10-30-11-9-15)34-13-19-20(24(34)37)21(31-25(38)33(19)3)16-6-4-5-7-17(16)26(27,28)29/h4-7,14-15,18,21,30H,8-13H2,1-3H3,(H,31,38)(H,32,35,36). The molecule has 0 radical (unpaired) electrons. The van der Waals surface area contributed by atoms with Gasteiger partial charge in [-0.3, -0.25) is 24.6 Å². The van der Waals surface area contributed by atoms with Crippen molar-refractivity contribution >= 4 is 23.8 Å². The monoisotopic (exact) mass is 535 g/mol. The number of amides is 5. The van der Waals surface area contributed by atoms with Crippen molar-refractivity contribution in [2.75, 3.05) is 26.7 Å². The molecule has 3 heterocycles. The van der Waals surface area contributed by atoms with Gasteiger partial charge in [-0.25, -0.2) is 4.79 Å². The molecule has 38 heavy (non-hydrogen) atoms. The van der Waals surface area contributed by atoms with E-state index in [-0.39, 0.29) is 41.6 Å². The van der Waals surface area contributed by atoms with Crippen molar-refractivity contribution < 1.29 is 32.3 Å². The smallest absolute Gasteiger partial charge is 0.326 e. The number of hydrogen-bond donors (Lipinski definition) is 3. The second kappa shape index (κ2) is 10.8. The lowest BCUT2D eigenvalue weighted by Gasteiger charge is -2.32. The number of piperidine rings is 1. The van der Waals surface area contributed by atoms with E-state index in [2.05, 4.69) is 16.0 Å². The molecule has 3 aliphatic rings. The number of alkyl halides is 3. The normalized spacial score (nSPS) is 21.5. The summed E-state index contributed by atoms with van der Waals surface area (Å²) >= 11 is 0. The van der Waals surface area contributed by atoms with Crippen molar-refractivity contribution in [1.82, 2.24) is 25.8 Å². The Morgan fingerprint density at radius 2 is 1.79 bits per heavy atom. The maximum atomic E-state index is 13.8. The summed E-state index contributed by atoms with van der Waals surface area (Å²) in [7, 11) is 1.42. The number of carbonyl (C=O) groups is 4. The van der Waals surface area contributed by atoms with Crippen molar-refractivity contribution in [3.63, 3.8) is 0 Å². The SMILES string of the molecule is CC(C)CC(C(=O)NC(=O)C1CCNCC1)N1CC2=C(C1=O)C(c1ccccc1C(F)(F)F)NC(=O)N2C. The average Bonchev–Trinajstić information content (AvgIpc) is 3.21. The minimum Gasteiger partial charge on any atom is -0.326 e. The van der Waals surface area contributed by atoms with Gasteiger partial charge in [0.15, 0.2) is 0 Å². The van der Waals surface area contributed by atoms with Crippen LogP contribution < -0.4 is 16.0 Å². The molecule has 9 nitrogen and oxygen atoms in total. The van der Waals surface area contributed by atoms with E-state index in [4.69, 9.17) is 0 Å². The van der Waals surface area contributed by atoms with Crippen LogP contribution in [0.3, 0.4) is 0 Å². The average molecular weight is 536 g/mol. The highest BCUT2D eigenvalue weighted by Crippen LogP contribution is 2.42.